The molecule has 0 bridgehead atoms. The second-order valence-corrected chi connectivity index (χ2v) is 6.45. The van der Waals surface area contributed by atoms with Crippen LogP contribution in [0.4, 0.5) is 0 Å². The van der Waals surface area contributed by atoms with Crippen molar-refractivity contribution in [2.45, 2.75) is 12.3 Å². The smallest absolute Gasteiger partial charge is 0.314 e. The Morgan fingerprint density at radius 3 is 2.67 bits per heavy atom. The topological polar surface area (TPSA) is 38.3 Å². The van der Waals surface area contributed by atoms with Crippen LogP contribution >= 0.6 is 22.9 Å². The zero-order chi connectivity index (χ0) is 15.1. The van der Waals surface area contributed by atoms with Gasteiger partial charge in [0.25, 0.3) is 0 Å². The van der Waals surface area contributed by atoms with Crippen molar-refractivity contribution in [2.75, 3.05) is 20.2 Å². The lowest BCUT2D eigenvalue weighted by molar-refractivity contribution is -0.142. The van der Waals surface area contributed by atoms with Crippen molar-refractivity contribution in [3.63, 3.8) is 0 Å². The molecule has 1 aromatic heterocycles. The van der Waals surface area contributed by atoms with E-state index in [-0.39, 0.29) is 11.9 Å². The number of esters is 1. The van der Waals surface area contributed by atoms with E-state index in [1.807, 2.05) is 42.5 Å². The first-order valence-electron chi connectivity index (χ1n) is 6.78. The predicted octanol–water partition coefficient (Wildman–Crippen LogP) is 3.49. The van der Waals surface area contributed by atoms with E-state index in [1.54, 1.807) is 11.3 Å². The van der Waals surface area contributed by atoms with Crippen LogP contribution in [-0.4, -0.2) is 26.2 Å². The third kappa shape index (κ3) is 4.84. The van der Waals surface area contributed by atoms with Gasteiger partial charge in [-0.05, 0) is 30.7 Å². The van der Waals surface area contributed by atoms with Crippen molar-refractivity contribution in [1.29, 1.82) is 0 Å². The molecule has 0 aliphatic rings. The Labute approximate surface area is 133 Å². The van der Waals surface area contributed by atoms with Crippen molar-refractivity contribution in [3.05, 3.63) is 57.2 Å². The van der Waals surface area contributed by atoms with E-state index in [0.717, 1.165) is 22.9 Å². The number of hydrogen-bond donors (Lipinski definition) is 1. The maximum Gasteiger partial charge on any atom is 0.314 e. The molecule has 1 atom stereocenters. The fraction of sp³-hybridized carbons (Fsp3) is 0.312. The standard InChI is InChI=1S/C16H18ClNO2S/c1-20-16(19)14(12-5-3-2-4-6-12)11-18-10-9-13-7-8-15(17)21-13/h2-8,14,18H,9-11H2,1H3. The van der Waals surface area contributed by atoms with Gasteiger partial charge in [-0.1, -0.05) is 41.9 Å². The normalized spacial score (nSPS) is 12.1. The molecule has 0 aliphatic carbocycles. The first kappa shape index (κ1) is 16.0. The molecule has 0 spiro atoms. The zero-order valence-electron chi connectivity index (χ0n) is 11.8. The van der Waals surface area contributed by atoms with Crippen molar-refractivity contribution in [1.82, 2.24) is 5.32 Å². The summed E-state index contributed by atoms with van der Waals surface area (Å²) >= 11 is 7.49. The van der Waals surface area contributed by atoms with Gasteiger partial charge >= 0.3 is 5.97 Å². The maximum absolute atomic E-state index is 11.9. The summed E-state index contributed by atoms with van der Waals surface area (Å²) in [6, 6.07) is 13.6. The van der Waals surface area contributed by atoms with E-state index in [2.05, 4.69) is 5.32 Å². The summed E-state index contributed by atoms with van der Waals surface area (Å²) in [5, 5.41) is 3.32. The molecule has 2 aromatic rings. The molecule has 0 radical (unpaired) electrons. The van der Waals surface area contributed by atoms with Gasteiger partial charge in [0, 0.05) is 11.4 Å². The Hall–Kier alpha value is -1.36. The molecule has 3 nitrogen and oxygen atoms in total. The van der Waals surface area contributed by atoms with Crippen LogP contribution in [0.3, 0.4) is 0 Å². The highest BCUT2D eigenvalue weighted by atomic mass is 35.5. The highest BCUT2D eigenvalue weighted by Gasteiger charge is 2.20. The lowest BCUT2D eigenvalue weighted by atomic mass is 9.99. The van der Waals surface area contributed by atoms with Gasteiger partial charge in [-0.3, -0.25) is 4.79 Å². The van der Waals surface area contributed by atoms with Crippen LogP contribution in [0.1, 0.15) is 16.4 Å². The third-order valence-corrected chi connectivity index (χ3v) is 4.50. The van der Waals surface area contributed by atoms with Crippen LogP contribution in [-0.2, 0) is 16.0 Å². The molecule has 0 saturated carbocycles. The Morgan fingerprint density at radius 1 is 1.29 bits per heavy atom. The number of carbonyl (C=O) groups excluding carboxylic acids is 1. The monoisotopic (exact) mass is 323 g/mol. The molecular formula is C16H18ClNO2S. The van der Waals surface area contributed by atoms with Crippen LogP contribution in [0, 0.1) is 0 Å². The molecule has 0 fully saturated rings. The molecule has 2 rings (SSSR count). The Bertz CT molecular complexity index is 571. The van der Waals surface area contributed by atoms with E-state index >= 15 is 0 Å². The van der Waals surface area contributed by atoms with Crippen LogP contribution < -0.4 is 5.32 Å². The van der Waals surface area contributed by atoms with Gasteiger partial charge in [0.1, 0.15) is 0 Å². The molecule has 1 heterocycles. The number of benzene rings is 1. The summed E-state index contributed by atoms with van der Waals surface area (Å²) in [7, 11) is 1.42. The van der Waals surface area contributed by atoms with Gasteiger partial charge in [-0.2, -0.15) is 0 Å². The largest absolute Gasteiger partial charge is 0.469 e. The molecular weight excluding hydrogens is 306 g/mol. The van der Waals surface area contributed by atoms with Crippen molar-refractivity contribution >= 4 is 28.9 Å². The summed E-state index contributed by atoms with van der Waals surface area (Å²) in [5.74, 6) is -0.490. The lowest BCUT2D eigenvalue weighted by Gasteiger charge is -2.15. The van der Waals surface area contributed by atoms with Gasteiger partial charge in [-0.25, -0.2) is 0 Å². The number of halogens is 1. The molecule has 0 amide bonds. The lowest BCUT2D eigenvalue weighted by Crippen LogP contribution is -2.29. The Morgan fingerprint density at radius 2 is 2.05 bits per heavy atom. The molecule has 0 aliphatic heterocycles. The highest BCUT2D eigenvalue weighted by molar-refractivity contribution is 7.16. The number of ether oxygens (including phenoxy) is 1. The highest BCUT2D eigenvalue weighted by Crippen LogP contribution is 2.21. The number of thiophene rings is 1. The summed E-state index contributed by atoms with van der Waals surface area (Å²) in [6.07, 6.45) is 0.903. The van der Waals surface area contributed by atoms with Crippen LogP contribution in [0.15, 0.2) is 42.5 Å². The summed E-state index contributed by atoms with van der Waals surface area (Å²) in [5.41, 5.74) is 0.969. The predicted molar refractivity (Wildman–Crippen MR) is 87.1 cm³/mol. The second kappa shape index (κ2) is 8.17. The Kier molecular flexibility index (Phi) is 6.23. The zero-order valence-corrected chi connectivity index (χ0v) is 13.4. The molecule has 0 saturated heterocycles. The van der Waals surface area contributed by atoms with E-state index in [0.29, 0.717) is 6.54 Å². The first-order chi connectivity index (χ1) is 10.2. The minimum absolute atomic E-state index is 0.215. The third-order valence-electron chi connectivity index (χ3n) is 3.21. The van der Waals surface area contributed by atoms with E-state index in [1.165, 1.54) is 12.0 Å². The second-order valence-electron chi connectivity index (χ2n) is 4.65. The molecule has 1 N–H and O–H groups in total. The molecule has 1 aromatic carbocycles. The van der Waals surface area contributed by atoms with Crippen molar-refractivity contribution in [3.8, 4) is 0 Å². The van der Waals surface area contributed by atoms with Crippen molar-refractivity contribution < 1.29 is 9.53 Å². The van der Waals surface area contributed by atoms with E-state index in [9.17, 15) is 4.79 Å². The van der Waals surface area contributed by atoms with Crippen molar-refractivity contribution in [2.24, 2.45) is 0 Å². The minimum Gasteiger partial charge on any atom is -0.469 e. The van der Waals surface area contributed by atoms with Crippen LogP contribution in [0.5, 0.6) is 0 Å². The summed E-state index contributed by atoms with van der Waals surface area (Å²) in [4.78, 5) is 13.1. The van der Waals surface area contributed by atoms with Crippen LogP contribution in [0.2, 0.25) is 4.34 Å². The quantitative estimate of drug-likeness (QED) is 0.626. The summed E-state index contributed by atoms with van der Waals surface area (Å²) < 4.78 is 5.70. The van der Waals surface area contributed by atoms with Gasteiger partial charge in [-0.15, -0.1) is 11.3 Å². The Balaban J connectivity index is 1.86. The summed E-state index contributed by atoms with van der Waals surface area (Å²) in [6.45, 7) is 1.37. The van der Waals surface area contributed by atoms with Gasteiger partial charge < -0.3 is 10.1 Å². The number of carbonyl (C=O) groups is 1. The number of nitrogens with one attached hydrogen (secondary N) is 1. The molecule has 112 valence electrons. The molecule has 1 unspecified atom stereocenters. The fourth-order valence-corrected chi connectivity index (χ4v) is 3.20. The minimum atomic E-state index is -0.275. The van der Waals surface area contributed by atoms with Gasteiger partial charge in [0.15, 0.2) is 0 Å². The SMILES string of the molecule is COC(=O)C(CNCCc1ccc(Cl)s1)c1ccccc1. The number of hydrogen-bond acceptors (Lipinski definition) is 4. The van der Waals surface area contributed by atoms with Gasteiger partial charge in [0.2, 0.25) is 0 Å². The average Bonchev–Trinajstić information content (AvgIpc) is 2.93. The van der Waals surface area contributed by atoms with Gasteiger partial charge in [0.05, 0.1) is 17.4 Å². The van der Waals surface area contributed by atoms with Crippen LogP contribution in [0.25, 0.3) is 0 Å². The number of rotatable bonds is 7. The molecule has 21 heavy (non-hydrogen) atoms. The fourth-order valence-electron chi connectivity index (χ4n) is 2.11. The maximum atomic E-state index is 11.9. The first-order valence-corrected chi connectivity index (χ1v) is 7.98. The average molecular weight is 324 g/mol. The van der Waals surface area contributed by atoms with E-state index in [4.69, 9.17) is 16.3 Å². The number of methoxy groups -OCH3 is 1. The van der Waals surface area contributed by atoms with E-state index < -0.39 is 0 Å². The molecule has 5 heteroatoms.